The molecule has 0 saturated heterocycles. The molecule has 3 rings (SSSR count). The third-order valence-corrected chi connectivity index (χ3v) is 7.20. The lowest BCUT2D eigenvalue weighted by atomic mass is 10.2. The number of rotatable bonds is 7. The van der Waals surface area contributed by atoms with Gasteiger partial charge in [-0.2, -0.15) is 0 Å². The Kier molecular flexibility index (Phi) is 6.50. The maximum Gasteiger partial charge on any atom is 0.309 e. The molecule has 0 radical (unpaired) electrons. The summed E-state index contributed by atoms with van der Waals surface area (Å²) in [7, 11) is -3.85. The fourth-order valence-electron chi connectivity index (χ4n) is 2.66. The molecule has 0 aliphatic carbocycles. The van der Waals surface area contributed by atoms with E-state index in [0.29, 0.717) is 0 Å². The van der Waals surface area contributed by atoms with E-state index >= 15 is 0 Å². The highest BCUT2D eigenvalue weighted by molar-refractivity contribution is 7.91. The number of sulfone groups is 1. The lowest BCUT2D eigenvalue weighted by molar-refractivity contribution is -0.139. The molecule has 2 heterocycles. The zero-order chi connectivity index (χ0) is 20.9. The van der Waals surface area contributed by atoms with E-state index in [0.717, 1.165) is 10.4 Å². The van der Waals surface area contributed by atoms with Gasteiger partial charge < -0.3 is 15.1 Å². The fraction of sp³-hybridized carbons (Fsp3) is 0.200. The molecule has 0 fully saturated rings. The van der Waals surface area contributed by atoms with Crippen molar-refractivity contribution in [3.63, 3.8) is 0 Å². The predicted molar refractivity (Wildman–Crippen MR) is 109 cm³/mol. The van der Waals surface area contributed by atoms with Gasteiger partial charge in [0.1, 0.15) is 11.0 Å². The van der Waals surface area contributed by atoms with Gasteiger partial charge in [-0.25, -0.2) is 8.42 Å². The Balaban J connectivity index is 1.70. The van der Waals surface area contributed by atoms with Crippen molar-refractivity contribution in [2.45, 2.75) is 23.6 Å². The Hall–Kier alpha value is -2.91. The Bertz CT molecular complexity index is 1060. The van der Waals surface area contributed by atoms with E-state index in [4.69, 9.17) is 4.42 Å². The highest BCUT2D eigenvalue weighted by Gasteiger charge is 2.32. The van der Waals surface area contributed by atoms with Gasteiger partial charge in [-0.1, -0.05) is 23.8 Å². The van der Waals surface area contributed by atoms with Crippen LogP contribution in [-0.2, 0) is 26.0 Å². The lowest BCUT2D eigenvalue weighted by Gasteiger charge is -2.16. The topological polar surface area (TPSA) is 105 Å². The van der Waals surface area contributed by atoms with Crippen molar-refractivity contribution in [3.8, 4) is 0 Å². The summed E-state index contributed by atoms with van der Waals surface area (Å²) in [6, 6.07) is 13.2. The molecule has 0 bridgehead atoms. The zero-order valence-electron chi connectivity index (χ0n) is 15.6. The number of hydrogen-bond donors (Lipinski definition) is 2. The predicted octanol–water partition coefficient (Wildman–Crippen LogP) is 2.60. The second-order valence-corrected chi connectivity index (χ2v) is 9.50. The molecule has 0 saturated carbocycles. The Morgan fingerprint density at radius 1 is 1.03 bits per heavy atom. The van der Waals surface area contributed by atoms with E-state index in [1.165, 1.54) is 35.8 Å². The number of amides is 2. The third-order valence-electron chi connectivity index (χ3n) is 4.24. The van der Waals surface area contributed by atoms with E-state index in [2.05, 4.69) is 10.6 Å². The lowest BCUT2D eigenvalue weighted by Crippen LogP contribution is -2.41. The number of hydrogen-bond acceptors (Lipinski definition) is 6. The van der Waals surface area contributed by atoms with Gasteiger partial charge >= 0.3 is 11.8 Å². The first-order chi connectivity index (χ1) is 13.9. The van der Waals surface area contributed by atoms with Crippen LogP contribution in [0.4, 0.5) is 0 Å². The molecule has 9 heteroatoms. The van der Waals surface area contributed by atoms with Crippen molar-refractivity contribution in [2.24, 2.45) is 0 Å². The van der Waals surface area contributed by atoms with Gasteiger partial charge in [-0.15, -0.1) is 11.3 Å². The van der Waals surface area contributed by atoms with Crippen LogP contribution in [0.2, 0.25) is 0 Å². The normalized spacial score (nSPS) is 12.3. The summed E-state index contributed by atoms with van der Waals surface area (Å²) in [5.74, 6) is -1.55. The summed E-state index contributed by atoms with van der Waals surface area (Å²) in [5, 5.41) is 5.62. The molecule has 0 aliphatic rings. The van der Waals surface area contributed by atoms with Gasteiger partial charge in [0.25, 0.3) is 0 Å². The third kappa shape index (κ3) is 5.12. The SMILES string of the molecule is Cc1ccc(S(=O)(=O)[C@@H](CNC(=O)C(=O)NCc2cccs2)c2ccco2)cc1. The van der Waals surface area contributed by atoms with Crippen LogP contribution in [0.25, 0.3) is 0 Å². The molecule has 2 amide bonds. The van der Waals surface area contributed by atoms with Crippen LogP contribution in [0.5, 0.6) is 0 Å². The van der Waals surface area contributed by atoms with Crippen LogP contribution >= 0.6 is 11.3 Å². The number of benzene rings is 1. The molecule has 1 atom stereocenters. The second-order valence-electron chi connectivity index (χ2n) is 6.33. The minimum absolute atomic E-state index is 0.112. The second kappa shape index (κ2) is 9.06. The maximum absolute atomic E-state index is 13.1. The zero-order valence-corrected chi connectivity index (χ0v) is 17.3. The minimum atomic E-state index is -3.85. The van der Waals surface area contributed by atoms with Crippen LogP contribution < -0.4 is 10.6 Å². The van der Waals surface area contributed by atoms with E-state index in [9.17, 15) is 18.0 Å². The smallest absolute Gasteiger partial charge is 0.309 e. The molecule has 0 spiro atoms. The molecule has 3 aromatic rings. The average Bonchev–Trinajstić information content (AvgIpc) is 3.40. The molecule has 2 aromatic heterocycles. The molecule has 7 nitrogen and oxygen atoms in total. The first kappa shape index (κ1) is 20.8. The summed E-state index contributed by atoms with van der Waals surface area (Å²) in [5.41, 5.74) is 0.925. The number of nitrogens with one attached hydrogen (secondary N) is 2. The van der Waals surface area contributed by atoms with E-state index < -0.39 is 26.9 Å². The molecule has 0 aliphatic heterocycles. The van der Waals surface area contributed by atoms with Crippen LogP contribution in [0.1, 0.15) is 21.5 Å². The van der Waals surface area contributed by atoms with Crippen LogP contribution in [0, 0.1) is 6.92 Å². The maximum atomic E-state index is 13.1. The van der Waals surface area contributed by atoms with Crippen LogP contribution in [0.3, 0.4) is 0 Å². The van der Waals surface area contributed by atoms with Gasteiger partial charge in [-0.3, -0.25) is 9.59 Å². The van der Waals surface area contributed by atoms with Gasteiger partial charge in [0.15, 0.2) is 9.84 Å². The fourth-order valence-corrected chi connectivity index (χ4v) is 4.89. The van der Waals surface area contributed by atoms with Crippen molar-refractivity contribution in [3.05, 3.63) is 76.4 Å². The van der Waals surface area contributed by atoms with Gasteiger partial charge in [0.05, 0.1) is 17.7 Å². The van der Waals surface area contributed by atoms with Crippen molar-refractivity contribution in [1.29, 1.82) is 0 Å². The summed E-state index contributed by atoms with van der Waals surface area (Å²) in [6.07, 6.45) is 1.36. The van der Waals surface area contributed by atoms with Crippen molar-refractivity contribution in [2.75, 3.05) is 6.54 Å². The minimum Gasteiger partial charge on any atom is -0.468 e. The number of aryl methyl sites for hydroxylation is 1. The van der Waals surface area contributed by atoms with Crippen molar-refractivity contribution >= 4 is 33.0 Å². The highest BCUT2D eigenvalue weighted by Crippen LogP contribution is 2.29. The summed E-state index contributed by atoms with van der Waals surface area (Å²) < 4.78 is 31.5. The highest BCUT2D eigenvalue weighted by atomic mass is 32.2. The number of carbonyl (C=O) groups is 2. The number of thiophene rings is 1. The van der Waals surface area contributed by atoms with Crippen LogP contribution in [-0.4, -0.2) is 26.8 Å². The molecule has 29 heavy (non-hydrogen) atoms. The van der Waals surface area contributed by atoms with Crippen molar-refractivity contribution in [1.82, 2.24) is 10.6 Å². The largest absolute Gasteiger partial charge is 0.468 e. The standard InChI is InChI=1S/C20H20N2O5S2/c1-14-6-8-16(9-7-14)29(25,26)18(17-5-2-10-27-17)13-22-20(24)19(23)21-12-15-4-3-11-28-15/h2-11,18H,12-13H2,1H3,(H,21,23)(H,22,24)/t18-/m0/s1. The summed E-state index contributed by atoms with van der Waals surface area (Å²) in [6.45, 7) is 1.79. The van der Waals surface area contributed by atoms with Crippen LogP contribution in [0.15, 0.2) is 69.5 Å². The van der Waals surface area contributed by atoms with Gasteiger partial charge in [-0.05, 0) is 42.6 Å². The number of furan rings is 1. The Morgan fingerprint density at radius 3 is 2.38 bits per heavy atom. The first-order valence-corrected chi connectivity index (χ1v) is 11.2. The molecule has 2 N–H and O–H groups in total. The van der Waals surface area contributed by atoms with E-state index in [1.807, 2.05) is 24.4 Å². The first-order valence-electron chi connectivity index (χ1n) is 8.80. The quantitative estimate of drug-likeness (QED) is 0.558. The molecule has 0 unspecified atom stereocenters. The Morgan fingerprint density at radius 2 is 1.76 bits per heavy atom. The van der Waals surface area contributed by atoms with E-state index in [-0.39, 0.29) is 23.7 Å². The average molecular weight is 433 g/mol. The number of carbonyl (C=O) groups excluding carboxylic acids is 2. The molecule has 1 aromatic carbocycles. The molecular formula is C20H20N2O5S2. The van der Waals surface area contributed by atoms with Gasteiger partial charge in [0.2, 0.25) is 0 Å². The summed E-state index contributed by atoms with van der Waals surface area (Å²) in [4.78, 5) is 25.2. The Labute approximate surface area is 172 Å². The summed E-state index contributed by atoms with van der Waals surface area (Å²) >= 11 is 1.46. The van der Waals surface area contributed by atoms with Crippen molar-refractivity contribution < 1.29 is 22.4 Å². The van der Waals surface area contributed by atoms with E-state index in [1.54, 1.807) is 18.2 Å². The molecule has 152 valence electrons. The van der Waals surface area contributed by atoms with Gasteiger partial charge in [0, 0.05) is 11.4 Å². The monoisotopic (exact) mass is 432 g/mol. The molecular weight excluding hydrogens is 412 g/mol.